The highest BCUT2D eigenvalue weighted by atomic mass is 19.4. The number of alkyl halides is 3. The smallest absolute Gasteiger partial charge is 0.416 e. The molecule has 1 N–H and O–H groups in total. The van der Waals surface area contributed by atoms with E-state index < -0.39 is 23.6 Å². The molecule has 0 saturated carbocycles. The maximum atomic E-state index is 12.8. The van der Waals surface area contributed by atoms with Gasteiger partial charge in [-0.05, 0) is 30.3 Å². The van der Waals surface area contributed by atoms with Gasteiger partial charge in [-0.3, -0.25) is 9.59 Å². The van der Waals surface area contributed by atoms with Crippen LogP contribution in [0.2, 0.25) is 0 Å². The lowest BCUT2D eigenvalue weighted by atomic mass is 10.2. The summed E-state index contributed by atoms with van der Waals surface area (Å²) in [5.41, 5.74) is -0.477. The molecule has 1 heterocycles. The first kappa shape index (κ1) is 18.6. The molecule has 0 saturated heterocycles. The van der Waals surface area contributed by atoms with Crippen molar-refractivity contribution >= 4 is 23.2 Å². The summed E-state index contributed by atoms with van der Waals surface area (Å²) in [4.78, 5) is 25.4. The van der Waals surface area contributed by atoms with Gasteiger partial charge in [0.25, 0.3) is 0 Å². The van der Waals surface area contributed by atoms with Crippen LogP contribution in [0.5, 0.6) is 11.5 Å². The second kappa shape index (κ2) is 7.18. The molecule has 9 heteroatoms. The predicted octanol–water partition coefficient (Wildman–Crippen LogP) is 3.43. The zero-order valence-electron chi connectivity index (χ0n) is 14.2. The number of halogens is 3. The highest BCUT2D eigenvalue weighted by Gasteiger charge is 2.30. The number of hydrogen-bond acceptors (Lipinski definition) is 4. The number of ether oxygens (including phenoxy) is 2. The predicted molar refractivity (Wildman–Crippen MR) is 90.7 cm³/mol. The summed E-state index contributed by atoms with van der Waals surface area (Å²) in [7, 11) is 0. The van der Waals surface area contributed by atoms with E-state index in [2.05, 4.69) is 5.32 Å². The zero-order valence-corrected chi connectivity index (χ0v) is 14.2. The van der Waals surface area contributed by atoms with E-state index in [1.165, 1.54) is 24.0 Å². The average Bonchev–Trinajstić information content (AvgIpc) is 3.06. The van der Waals surface area contributed by atoms with Crippen LogP contribution in [0.15, 0.2) is 42.5 Å². The van der Waals surface area contributed by atoms with Crippen molar-refractivity contribution in [2.75, 3.05) is 23.6 Å². The number of nitrogens with zero attached hydrogens (tertiary/aromatic N) is 1. The van der Waals surface area contributed by atoms with E-state index in [1.54, 1.807) is 18.2 Å². The van der Waals surface area contributed by atoms with Crippen molar-refractivity contribution in [2.24, 2.45) is 0 Å². The van der Waals surface area contributed by atoms with Crippen LogP contribution >= 0.6 is 0 Å². The molecule has 3 rings (SSSR count). The molecule has 0 aliphatic carbocycles. The molecule has 0 fully saturated rings. The molecule has 1 aliphatic rings. The van der Waals surface area contributed by atoms with Crippen LogP contribution < -0.4 is 19.7 Å². The van der Waals surface area contributed by atoms with Crippen LogP contribution in [0.3, 0.4) is 0 Å². The first-order chi connectivity index (χ1) is 12.7. The van der Waals surface area contributed by atoms with E-state index in [4.69, 9.17) is 9.47 Å². The minimum absolute atomic E-state index is 0.0102. The number of benzene rings is 2. The third-order valence-electron chi connectivity index (χ3n) is 3.82. The van der Waals surface area contributed by atoms with Crippen LogP contribution in [0.4, 0.5) is 24.5 Å². The Morgan fingerprint density at radius 3 is 2.56 bits per heavy atom. The van der Waals surface area contributed by atoms with E-state index >= 15 is 0 Å². The Morgan fingerprint density at radius 2 is 1.85 bits per heavy atom. The average molecular weight is 380 g/mol. The molecule has 1 aliphatic heterocycles. The van der Waals surface area contributed by atoms with Gasteiger partial charge < -0.3 is 19.7 Å². The van der Waals surface area contributed by atoms with Gasteiger partial charge in [-0.15, -0.1) is 0 Å². The molecule has 0 aromatic heterocycles. The number of carbonyl (C=O) groups excluding carboxylic acids is 2. The number of fused-ring (bicyclic) bond motifs is 1. The van der Waals surface area contributed by atoms with Crippen LogP contribution in [-0.4, -0.2) is 25.2 Å². The lowest BCUT2D eigenvalue weighted by Gasteiger charge is -2.21. The van der Waals surface area contributed by atoms with Gasteiger partial charge in [0, 0.05) is 24.4 Å². The normalized spacial score (nSPS) is 12.6. The fourth-order valence-electron chi connectivity index (χ4n) is 2.55. The molecular formula is C18H15F3N2O4. The zero-order chi connectivity index (χ0) is 19.6. The Labute approximate surface area is 152 Å². The third-order valence-corrected chi connectivity index (χ3v) is 3.82. The van der Waals surface area contributed by atoms with E-state index in [-0.39, 0.29) is 19.0 Å². The largest absolute Gasteiger partial charge is 0.454 e. The second-order valence-corrected chi connectivity index (χ2v) is 5.77. The fourth-order valence-corrected chi connectivity index (χ4v) is 2.55. The van der Waals surface area contributed by atoms with Crippen molar-refractivity contribution in [3.8, 4) is 11.5 Å². The Bertz CT molecular complexity index is 883. The summed E-state index contributed by atoms with van der Waals surface area (Å²) in [6, 6.07) is 9.03. The van der Waals surface area contributed by atoms with E-state index in [1.807, 2.05) is 0 Å². The molecule has 0 unspecified atom stereocenters. The SMILES string of the molecule is CC(=O)N(CC(=O)Nc1cccc(C(F)(F)F)c1)c1ccc2c(c1)OCO2. The quantitative estimate of drug-likeness (QED) is 0.883. The van der Waals surface area contributed by atoms with Crippen molar-refractivity contribution in [1.82, 2.24) is 0 Å². The minimum Gasteiger partial charge on any atom is -0.454 e. The summed E-state index contributed by atoms with van der Waals surface area (Å²) in [5, 5.41) is 2.37. The van der Waals surface area contributed by atoms with Crippen molar-refractivity contribution in [3.05, 3.63) is 48.0 Å². The topological polar surface area (TPSA) is 67.9 Å². The van der Waals surface area contributed by atoms with Gasteiger partial charge in [0.05, 0.1) is 5.56 Å². The van der Waals surface area contributed by atoms with Gasteiger partial charge in [0.15, 0.2) is 11.5 Å². The van der Waals surface area contributed by atoms with Gasteiger partial charge in [-0.2, -0.15) is 13.2 Å². The summed E-state index contributed by atoms with van der Waals surface area (Å²) in [6.07, 6.45) is -4.52. The maximum absolute atomic E-state index is 12.8. The van der Waals surface area contributed by atoms with Crippen molar-refractivity contribution < 1.29 is 32.2 Å². The minimum atomic E-state index is -4.52. The molecule has 6 nitrogen and oxygen atoms in total. The molecule has 2 aromatic rings. The van der Waals surface area contributed by atoms with Crippen LogP contribution in [-0.2, 0) is 15.8 Å². The van der Waals surface area contributed by atoms with Crippen LogP contribution in [0, 0.1) is 0 Å². The highest BCUT2D eigenvalue weighted by molar-refractivity contribution is 6.02. The van der Waals surface area contributed by atoms with Crippen LogP contribution in [0.25, 0.3) is 0 Å². The van der Waals surface area contributed by atoms with E-state index in [0.29, 0.717) is 17.2 Å². The first-order valence-electron chi connectivity index (χ1n) is 7.89. The third kappa shape index (κ3) is 4.30. The molecular weight excluding hydrogens is 365 g/mol. The summed E-state index contributed by atoms with van der Waals surface area (Å²) in [6.45, 7) is 0.974. The van der Waals surface area contributed by atoms with Gasteiger partial charge in [-0.1, -0.05) is 6.07 Å². The molecule has 2 amide bonds. The molecule has 0 spiro atoms. The Kier molecular flexibility index (Phi) is 4.93. The number of nitrogens with one attached hydrogen (secondary N) is 1. The lowest BCUT2D eigenvalue weighted by molar-refractivity contribution is -0.137. The van der Waals surface area contributed by atoms with E-state index in [9.17, 15) is 22.8 Å². The number of anilines is 2. The highest BCUT2D eigenvalue weighted by Crippen LogP contribution is 2.35. The molecule has 0 atom stereocenters. The van der Waals surface area contributed by atoms with Crippen molar-refractivity contribution in [3.63, 3.8) is 0 Å². The monoisotopic (exact) mass is 380 g/mol. The standard InChI is InChI=1S/C18H15F3N2O4/c1-11(24)23(14-5-6-15-16(8-14)27-10-26-15)9-17(25)22-13-4-2-3-12(7-13)18(19,20)21/h2-8H,9-10H2,1H3,(H,22,25). The van der Waals surface area contributed by atoms with Gasteiger partial charge in [-0.25, -0.2) is 0 Å². The molecule has 0 radical (unpaired) electrons. The Hall–Kier alpha value is -3.23. The molecule has 0 bridgehead atoms. The Morgan fingerprint density at radius 1 is 1.11 bits per heavy atom. The molecule has 27 heavy (non-hydrogen) atoms. The van der Waals surface area contributed by atoms with Gasteiger partial charge in [0.1, 0.15) is 6.54 Å². The van der Waals surface area contributed by atoms with Gasteiger partial charge >= 0.3 is 6.18 Å². The lowest BCUT2D eigenvalue weighted by Crippen LogP contribution is -2.36. The van der Waals surface area contributed by atoms with E-state index in [0.717, 1.165) is 12.1 Å². The first-order valence-corrected chi connectivity index (χ1v) is 7.89. The maximum Gasteiger partial charge on any atom is 0.416 e. The fraction of sp³-hybridized carbons (Fsp3) is 0.222. The number of rotatable bonds is 4. The number of hydrogen-bond donors (Lipinski definition) is 1. The molecule has 2 aromatic carbocycles. The van der Waals surface area contributed by atoms with Crippen molar-refractivity contribution in [1.29, 1.82) is 0 Å². The Balaban J connectivity index is 1.74. The summed E-state index contributed by atoms with van der Waals surface area (Å²) < 4.78 is 48.7. The summed E-state index contributed by atoms with van der Waals surface area (Å²) in [5.74, 6) is -0.0806. The number of amides is 2. The summed E-state index contributed by atoms with van der Waals surface area (Å²) >= 11 is 0. The van der Waals surface area contributed by atoms with Gasteiger partial charge in [0.2, 0.25) is 18.6 Å². The van der Waals surface area contributed by atoms with Crippen LogP contribution in [0.1, 0.15) is 12.5 Å². The van der Waals surface area contributed by atoms with Crippen molar-refractivity contribution in [2.45, 2.75) is 13.1 Å². The molecule has 142 valence electrons. The second-order valence-electron chi connectivity index (χ2n) is 5.77. The number of carbonyl (C=O) groups is 2.